The summed E-state index contributed by atoms with van der Waals surface area (Å²) in [6.45, 7) is 0.120. The molecule has 21 heavy (non-hydrogen) atoms. The van der Waals surface area contributed by atoms with E-state index in [4.69, 9.17) is 4.74 Å². The quantitative estimate of drug-likeness (QED) is 0.667. The first-order valence-electron chi connectivity index (χ1n) is 6.64. The van der Waals surface area contributed by atoms with E-state index in [0.717, 1.165) is 16.3 Å². The summed E-state index contributed by atoms with van der Waals surface area (Å²) in [6.07, 6.45) is 0. The molecule has 0 aliphatic rings. The van der Waals surface area contributed by atoms with Gasteiger partial charge in [-0.3, -0.25) is 0 Å². The van der Waals surface area contributed by atoms with Gasteiger partial charge < -0.3 is 4.74 Å². The molecule has 2 nitrogen and oxygen atoms in total. The molecule has 0 fully saturated rings. The third kappa shape index (κ3) is 2.77. The fraction of sp³-hybridized carbons (Fsp3) is 0.0556. The lowest BCUT2D eigenvalue weighted by molar-refractivity contribution is 0.0469. The van der Waals surface area contributed by atoms with Crippen molar-refractivity contribution in [1.82, 2.24) is 0 Å². The lowest BCUT2D eigenvalue weighted by atomic mass is 10.1. The highest BCUT2D eigenvalue weighted by Crippen LogP contribution is 2.19. The van der Waals surface area contributed by atoms with Gasteiger partial charge in [-0.1, -0.05) is 54.6 Å². The van der Waals surface area contributed by atoms with Gasteiger partial charge in [-0.25, -0.2) is 9.18 Å². The summed E-state index contributed by atoms with van der Waals surface area (Å²) in [7, 11) is 0. The van der Waals surface area contributed by atoms with E-state index in [9.17, 15) is 9.18 Å². The Morgan fingerprint density at radius 2 is 1.62 bits per heavy atom. The summed E-state index contributed by atoms with van der Waals surface area (Å²) in [5, 5.41) is 2.11. The van der Waals surface area contributed by atoms with Crippen molar-refractivity contribution in [1.29, 1.82) is 0 Å². The molecular formula is C18H13FO2. The number of esters is 1. The van der Waals surface area contributed by atoms with E-state index >= 15 is 0 Å². The average molecular weight is 280 g/mol. The molecule has 3 aromatic rings. The number of carbonyl (C=O) groups excluding carboxylic acids is 1. The smallest absolute Gasteiger partial charge is 0.341 e. The van der Waals surface area contributed by atoms with Crippen LogP contribution in [-0.4, -0.2) is 5.97 Å². The van der Waals surface area contributed by atoms with E-state index in [1.54, 1.807) is 6.07 Å². The molecule has 0 unspecified atom stereocenters. The lowest BCUT2D eigenvalue weighted by Crippen LogP contribution is -2.07. The highest BCUT2D eigenvalue weighted by molar-refractivity contribution is 5.90. The molecule has 104 valence electrons. The molecule has 3 rings (SSSR count). The topological polar surface area (TPSA) is 26.3 Å². The molecule has 3 aromatic carbocycles. The number of benzene rings is 3. The molecule has 0 saturated heterocycles. The number of carbonyl (C=O) groups is 1. The number of rotatable bonds is 3. The molecule has 0 saturated carbocycles. The monoisotopic (exact) mass is 280 g/mol. The highest BCUT2D eigenvalue weighted by atomic mass is 19.1. The van der Waals surface area contributed by atoms with Crippen molar-refractivity contribution >= 4 is 16.7 Å². The minimum absolute atomic E-state index is 0.0438. The third-order valence-electron chi connectivity index (χ3n) is 3.33. The van der Waals surface area contributed by atoms with Gasteiger partial charge in [0.05, 0.1) is 5.56 Å². The van der Waals surface area contributed by atoms with Crippen LogP contribution in [0.2, 0.25) is 0 Å². The first-order chi connectivity index (χ1) is 10.3. The Morgan fingerprint density at radius 3 is 2.48 bits per heavy atom. The minimum atomic E-state index is -0.652. The molecule has 0 aliphatic carbocycles. The standard InChI is InChI=1S/C18H13FO2/c19-17-11-4-3-10-16(17)18(20)21-12-14-8-5-7-13-6-1-2-9-15(13)14/h1-11H,12H2. The highest BCUT2D eigenvalue weighted by Gasteiger charge is 2.12. The number of halogens is 1. The summed E-state index contributed by atoms with van der Waals surface area (Å²) in [4.78, 5) is 11.9. The number of ether oxygens (including phenoxy) is 1. The minimum Gasteiger partial charge on any atom is -0.457 e. The van der Waals surface area contributed by atoms with Crippen molar-refractivity contribution < 1.29 is 13.9 Å². The van der Waals surface area contributed by atoms with Crippen LogP contribution >= 0.6 is 0 Å². The SMILES string of the molecule is O=C(OCc1cccc2ccccc12)c1ccccc1F. The van der Waals surface area contributed by atoms with Gasteiger partial charge in [0.15, 0.2) is 0 Å². The maximum Gasteiger partial charge on any atom is 0.341 e. The van der Waals surface area contributed by atoms with Crippen LogP contribution in [0.4, 0.5) is 4.39 Å². The van der Waals surface area contributed by atoms with Crippen LogP contribution < -0.4 is 0 Å². The van der Waals surface area contributed by atoms with Gasteiger partial charge in [0.2, 0.25) is 0 Å². The summed E-state index contributed by atoms with van der Waals surface area (Å²) < 4.78 is 18.7. The van der Waals surface area contributed by atoms with Crippen molar-refractivity contribution in [2.45, 2.75) is 6.61 Å². The second-order valence-corrected chi connectivity index (χ2v) is 4.69. The van der Waals surface area contributed by atoms with E-state index < -0.39 is 11.8 Å². The van der Waals surface area contributed by atoms with Crippen molar-refractivity contribution in [3.05, 3.63) is 83.7 Å². The predicted octanol–water partition coefficient (Wildman–Crippen LogP) is 4.34. The van der Waals surface area contributed by atoms with Crippen LogP contribution in [0.3, 0.4) is 0 Å². The molecule has 0 spiro atoms. The van der Waals surface area contributed by atoms with Crippen LogP contribution in [0.25, 0.3) is 10.8 Å². The molecule has 0 aliphatic heterocycles. The van der Waals surface area contributed by atoms with Gasteiger partial charge in [-0.15, -0.1) is 0 Å². The van der Waals surface area contributed by atoms with E-state index in [2.05, 4.69) is 0 Å². The Labute approximate surface area is 121 Å². The second-order valence-electron chi connectivity index (χ2n) is 4.69. The number of hydrogen-bond acceptors (Lipinski definition) is 2. The summed E-state index contributed by atoms with van der Waals surface area (Å²) in [6, 6.07) is 19.5. The summed E-state index contributed by atoms with van der Waals surface area (Å²) in [5.41, 5.74) is 0.857. The number of hydrogen-bond donors (Lipinski definition) is 0. The molecule has 0 amide bonds. The Bertz CT molecular complexity index is 791. The molecule has 0 bridgehead atoms. The first-order valence-corrected chi connectivity index (χ1v) is 6.64. The van der Waals surface area contributed by atoms with Crippen LogP contribution in [-0.2, 0) is 11.3 Å². The number of fused-ring (bicyclic) bond motifs is 1. The van der Waals surface area contributed by atoms with E-state index in [-0.39, 0.29) is 12.2 Å². The van der Waals surface area contributed by atoms with Crippen molar-refractivity contribution in [2.24, 2.45) is 0 Å². The van der Waals surface area contributed by atoms with Crippen LogP contribution in [0.15, 0.2) is 66.7 Å². The molecule has 0 N–H and O–H groups in total. The van der Waals surface area contributed by atoms with Crippen LogP contribution in [0, 0.1) is 5.82 Å². The maximum absolute atomic E-state index is 13.5. The van der Waals surface area contributed by atoms with E-state index in [1.807, 2.05) is 42.5 Å². The lowest BCUT2D eigenvalue weighted by Gasteiger charge is -2.08. The Morgan fingerprint density at radius 1 is 0.905 bits per heavy atom. The fourth-order valence-corrected chi connectivity index (χ4v) is 2.27. The van der Waals surface area contributed by atoms with Gasteiger partial charge >= 0.3 is 5.97 Å². The van der Waals surface area contributed by atoms with Crippen molar-refractivity contribution in [3.8, 4) is 0 Å². The molecule has 0 heterocycles. The fourth-order valence-electron chi connectivity index (χ4n) is 2.27. The van der Waals surface area contributed by atoms with Crippen molar-refractivity contribution in [2.75, 3.05) is 0 Å². The van der Waals surface area contributed by atoms with Gasteiger partial charge in [0, 0.05) is 0 Å². The Kier molecular flexibility index (Phi) is 3.65. The summed E-state index contributed by atoms with van der Waals surface area (Å²) in [5.74, 6) is -1.22. The normalized spacial score (nSPS) is 10.5. The van der Waals surface area contributed by atoms with E-state index in [1.165, 1.54) is 18.2 Å². The van der Waals surface area contributed by atoms with Crippen LogP contribution in [0.5, 0.6) is 0 Å². The molecule has 3 heteroatoms. The van der Waals surface area contributed by atoms with Crippen molar-refractivity contribution in [3.63, 3.8) is 0 Å². The molecule has 0 radical (unpaired) electrons. The molecule has 0 atom stereocenters. The first kappa shape index (κ1) is 13.3. The second kappa shape index (κ2) is 5.75. The average Bonchev–Trinajstić information content (AvgIpc) is 2.53. The predicted molar refractivity (Wildman–Crippen MR) is 79.5 cm³/mol. The zero-order valence-electron chi connectivity index (χ0n) is 11.3. The Hall–Kier alpha value is -2.68. The third-order valence-corrected chi connectivity index (χ3v) is 3.33. The maximum atomic E-state index is 13.5. The van der Waals surface area contributed by atoms with Gasteiger partial charge in [0.25, 0.3) is 0 Å². The Balaban J connectivity index is 1.81. The zero-order chi connectivity index (χ0) is 14.7. The van der Waals surface area contributed by atoms with Gasteiger partial charge in [0.1, 0.15) is 12.4 Å². The zero-order valence-corrected chi connectivity index (χ0v) is 11.3. The van der Waals surface area contributed by atoms with Gasteiger partial charge in [-0.05, 0) is 28.5 Å². The summed E-state index contributed by atoms with van der Waals surface area (Å²) >= 11 is 0. The molecule has 0 aromatic heterocycles. The largest absolute Gasteiger partial charge is 0.457 e. The van der Waals surface area contributed by atoms with Crippen LogP contribution in [0.1, 0.15) is 15.9 Å². The van der Waals surface area contributed by atoms with E-state index in [0.29, 0.717) is 0 Å². The van der Waals surface area contributed by atoms with Gasteiger partial charge in [-0.2, -0.15) is 0 Å². The molecular weight excluding hydrogens is 267 g/mol.